The highest BCUT2D eigenvalue weighted by Crippen LogP contribution is 2.20. The quantitative estimate of drug-likeness (QED) is 0.763. The normalized spacial score (nSPS) is 17.6. The number of halogens is 1. The standard InChI is InChI=1S/C16H20FN5O/c17-11-1-3-13(4-2-11)22-8-6-12(10-22)19-7-5-15-20-14(18)9-16(23)21-15/h1-4,9,12,19H,5-8,10H2,(H3,18,20,21,23)/t12-/m0/s1. The molecule has 1 aromatic heterocycles. The van der Waals surface area contributed by atoms with Crippen molar-refractivity contribution in [1.29, 1.82) is 0 Å². The Morgan fingerprint density at radius 2 is 2.17 bits per heavy atom. The Balaban J connectivity index is 1.48. The number of nitrogen functional groups attached to an aromatic ring is 1. The maximum Gasteiger partial charge on any atom is 0.252 e. The Bertz CT molecular complexity index is 715. The largest absolute Gasteiger partial charge is 0.383 e. The van der Waals surface area contributed by atoms with Gasteiger partial charge in [-0.25, -0.2) is 9.37 Å². The summed E-state index contributed by atoms with van der Waals surface area (Å²) in [4.78, 5) is 20.3. The van der Waals surface area contributed by atoms with Gasteiger partial charge < -0.3 is 20.9 Å². The fourth-order valence-corrected chi connectivity index (χ4v) is 2.86. The van der Waals surface area contributed by atoms with Gasteiger partial charge in [0.1, 0.15) is 17.5 Å². The van der Waals surface area contributed by atoms with Crippen LogP contribution in [0.15, 0.2) is 35.1 Å². The van der Waals surface area contributed by atoms with Crippen molar-refractivity contribution in [3.8, 4) is 0 Å². The molecule has 122 valence electrons. The molecule has 0 aliphatic carbocycles. The first-order valence-electron chi connectivity index (χ1n) is 7.70. The van der Waals surface area contributed by atoms with E-state index in [1.807, 2.05) is 0 Å². The van der Waals surface area contributed by atoms with Crippen molar-refractivity contribution >= 4 is 11.5 Å². The number of nitrogens with two attached hydrogens (primary N) is 1. The Kier molecular flexibility index (Phi) is 4.57. The zero-order chi connectivity index (χ0) is 16.2. The van der Waals surface area contributed by atoms with E-state index in [0.29, 0.717) is 24.8 Å². The zero-order valence-electron chi connectivity index (χ0n) is 12.8. The average Bonchev–Trinajstić information content (AvgIpc) is 2.96. The molecule has 0 saturated carbocycles. The summed E-state index contributed by atoms with van der Waals surface area (Å²) >= 11 is 0. The molecule has 6 nitrogen and oxygen atoms in total. The second-order valence-electron chi connectivity index (χ2n) is 5.73. The maximum absolute atomic E-state index is 13.0. The van der Waals surface area contributed by atoms with Crippen molar-refractivity contribution in [2.45, 2.75) is 18.9 Å². The number of H-pyrrole nitrogens is 1. The lowest BCUT2D eigenvalue weighted by Gasteiger charge is -2.19. The zero-order valence-corrected chi connectivity index (χ0v) is 12.8. The van der Waals surface area contributed by atoms with E-state index in [-0.39, 0.29) is 17.2 Å². The van der Waals surface area contributed by atoms with Crippen LogP contribution < -0.4 is 21.5 Å². The number of rotatable bonds is 5. The lowest BCUT2D eigenvalue weighted by atomic mass is 10.2. The molecule has 4 N–H and O–H groups in total. The van der Waals surface area contributed by atoms with Crippen molar-refractivity contribution < 1.29 is 4.39 Å². The van der Waals surface area contributed by atoms with Gasteiger partial charge in [0.25, 0.3) is 5.56 Å². The minimum Gasteiger partial charge on any atom is -0.383 e. The lowest BCUT2D eigenvalue weighted by Crippen LogP contribution is -2.34. The van der Waals surface area contributed by atoms with Crippen LogP contribution in [0.2, 0.25) is 0 Å². The van der Waals surface area contributed by atoms with Crippen LogP contribution in [-0.2, 0) is 6.42 Å². The van der Waals surface area contributed by atoms with Gasteiger partial charge >= 0.3 is 0 Å². The monoisotopic (exact) mass is 317 g/mol. The number of nitrogens with zero attached hydrogens (tertiary/aromatic N) is 2. The number of benzene rings is 1. The summed E-state index contributed by atoms with van der Waals surface area (Å²) in [5.41, 5.74) is 6.37. The van der Waals surface area contributed by atoms with E-state index in [9.17, 15) is 9.18 Å². The van der Waals surface area contributed by atoms with Crippen LogP contribution in [0.4, 0.5) is 15.9 Å². The average molecular weight is 317 g/mol. The Morgan fingerprint density at radius 1 is 1.39 bits per heavy atom. The molecule has 0 unspecified atom stereocenters. The molecule has 0 radical (unpaired) electrons. The summed E-state index contributed by atoms with van der Waals surface area (Å²) in [6, 6.07) is 8.22. The van der Waals surface area contributed by atoms with Crippen LogP contribution in [-0.4, -0.2) is 35.6 Å². The molecule has 0 spiro atoms. The van der Waals surface area contributed by atoms with Gasteiger partial charge in [0.05, 0.1) is 0 Å². The summed E-state index contributed by atoms with van der Waals surface area (Å²) in [5.74, 6) is 0.620. The highest BCUT2D eigenvalue weighted by molar-refractivity contribution is 5.47. The van der Waals surface area contributed by atoms with E-state index in [2.05, 4.69) is 20.2 Å². The number of anilines is 2. The van der Waals surface area contributed by atoms with Gasteiger partial charge in [0.15, 0.2) is 0 Å². The molecular weight excluding hydrogens is 297 g/mol. The third kappa shape index (κ3) is 4.07. The summed E-state index contributed by atoms with van der Waals surface area (Å²) < 4.78 is 13.0. The van der Waals surface area contributed by atoms with Crippen LogP contribution in [0.25, 0.3) is 0 Å². The first-order chi connectivity index (χ1) is 11.1. The summed E-state index contributed by atoms with van der Waals surface area (Å²) in [5, 5.41) is 3.46. The molecule has 2 aromatic rings. The van der Waals surface area contributed by atoms with Crippen LogP contribution in [0.3, 0.4) is 0 Å². The van der Waals surface area contributed by atoms with E-state index >= 15 is 0 Å². The van der Waals surface area contributed by atoms with Gasteiger partial charge in [-0.15, -0.1) is 0 Å². The van der Waals surface area contributed by atoms with E-state index in [4.69, 9.17) is 5.73 Å². The van der Waals surface area contributed by atoms with Gasteiger partial charge in [-0.1, -0.05) is 0 Å². The summed E-state index contributed by atoms with van der Waals surface area (Å²) in [6.07, 6.45) is 1.64. The second kappa shape index (κ2) is 6.78. The van der Waals surface area contributed by atoms with Crippen molar-refractivity contribution in [3.05, 3.63) is 52.3 Å². The van der Waals surface area contributed by atoms with Gasteiger partial charge in [0.2, 0.25) is 0 Å². The van der Waals surface area contributed by atoms with Gasteiger partial charge in [0, 0.05) is 43.9 Å². The molecule has 0 amide bonds. The first-order valence-corrected chi connectivity index (χ1v) is 7.70. The van der Waals surface area contributed by atoms with Crippen LogP contribution in [0.5, 0.6) is 0 Å². The highest BCUT2D eigenvalue weighted by Gasteiger charge is 2.22. The minimum atomic E-state index is -0.226. The Labute approximate surface area is 133 Å². The molecule has 23 heavy (non-hydrogen) atoms. The molecule has 1 saturated heterocycles. The number of hydrogen-bond donors (Lipinski definition) is 3. The fraction of sp³-hybridized carbons (Fsp3) is 0.375. The maximum atomic E-state index is 13.0. The Morgan fingerprint density at radius 3 is 2.91 bits per heavy atom. The molecular formula is C16H20FN5O. The van der Waals surface area contributed by atoms with Crippen LogP contribution >= 0.6 is 0 Å². The highest BCUT2D eigenvalue weighted by atomic mass is 19.1. The number of hydrogen-bond acceptors (Lipinski definition) is 5. The minimum absolute atomic E-state index is 0.216. The number of aromatic amines is 1. The van der Waals surface area contributed by atoms with E-state index in [1.165, 1.54) is 18.2 Å². The van der Waals surface area contributed by atoms with Crippen molar-refractivity contribution in [1.82, 2.24) is 15.3 Å². The third-order valence-electron chi connectivity index (χ3n) is 3.99. The molecule has 1 fully saturated rings. The molecule has 0 bridgehead atoms. The molecule has 2 heterocycles. The van der Waals surface area contributed by atoms with E-state index in [1.54, 1.807) is 12.1 Å². The van der Waals surface area contributed by atoms with Crippen LogP contribution in [0.1, 0.15) is 12.2 Å². The lowest BCUT2D eigenvalue weighted by molar-refractivity contribution is 0.549. The fourth-order valence-electron chi connectivity index (χ4n) is 2.86. The Hall–Kier alpha value is -2.41. The van der Waals surface area contributed by atoms with E-state index in [0.717, 1.165) is 25.2 Å². The predicted molar refractivity (Wildman–Crippen MR) is 88.0 cm³/mol. The molecule has 7 heteroatoms. The van der Waals surface area contributed by atoms with E-state index < -0.39 is 0 Å². The van der Waals surface area contributed by atoms with Gasteiger partial charge in [-0.05, 0) is 30.7 Å². The van der Waals surface area contributed by atoms with Crippen molar-refractivity contribution in [2.24, 2.45) is 0 Å². The first kappa shape index (κ1) is 15.5. The van der Waals surface area contributed by atoms with Gasteiger partial charge in [-0.3, -0.25) is 4.79 Å². The molecule has 1 aromatic carbocycles. The molecule has 1 aliphatic rings. The predicted octanol–water partition coefficient (Wildman–Crippen LogP) is 0.902. The van der Waals surface area contributed by atoms with Crippen molar-refractivity contribution in [3.63, 3.8) is 0 Å². The molecule has 3 rings (SSSR count). The van der Waals surface area contributed by atoms with Gasteiger partial charge in [-0.2, -0.15) is 0 Å². The van der Waals surface area contributed by atoms with Crippen LogP contribution in [0, 0.1) is 5.82 Å². The third-order valence-corrected chi connectivity index (χ3v) is 3.99. The number of nitrogens with one attached hydrogen (secondary N) is 2. The number of aromatic nitrogens is 2. The topological polar surface area (TPSA) is 87.0 Å². The summed E-state index contributed by atoms with van der Waals surface area (Å²) in [7, 11) is 0. The SMILES string of the molecule is Nc1cc(=O)[nH]c(CCN[C@H]2CCN(c3ccc(F)cc3)C2)n1. The second-order valence-corrected chi connectivity index (χ2v) is 5.73. The summed E-state index contributed by atoms with van der Waals surface area (Å²) in [6.45, 7) is 2.54. The molecule has 1 atom stereocenters. The molecule has 1 aliphatic heterocycles. The smallest absolute Gasteiger partial charge is 0.252 e. The van der Waals surface area contributed by atoms with Crippen molar-refractivity contribution in [2.75, 3.05) is 30.3 Å².